The molecular weight excluding hydrogens is 213 g/mol. The lowest BCUT2D eigenvalue weighted by molar-refractivity contribution is -0.199. The maximum atomic E-state index is 12.7. The minimum absolute atomic E-state index is 0.0778. The van der Waals surface area contributed by atoms with E-state index < -0.39 is 11.6 Å². The average Bonchev–Trinajstić information content (AvgIpc) is 2.20. The Morgan fingerprint density at radius 3 is 2.44 bits per heavy atom. The summed E-state index contributed by atoms with van der Waals surface area (Å²) in [6.07, 6.45) is 4.88. The monoisotopic (exact) mass is 232 g/mol. The summed E-state index contributed by atoms with van der Waals surface area (Å²) in [5.41, 5.74) is -0.614. The maximum absolute atomic E-state index is 12.7. The van der Waals surface area contributed by atoms with E-state index in [1.54, 1.807) is 12.2 Å². The number of rotatable bonds is 4. The number of hydrogen-bond acceptors (Lipinski definition) is 0. The van der Waals surface area contributed by atoms with Crippen molar-refractivity contribution < 1.29 is 13.2 Å². The van der Waals surface area contributed by atoms with Gasteiger partial charge in [0.1, 0.15) is 0 Å². The number of hydrogen-bond donors (Lipinski definition) is 0. The lowest BCUT2D eigenvalue weighted by Gasteiger charge is -2.30. The SMILES string of the molecule is CCCCCC1=CCC(C)(C(F)(F)F)C=C1. The van der Waals surface area contributed by atoms with Crippen molar-refractivity contribution in [1.82, 2.24) is 0 Å². The van der Waals surface area contributed by atoms with E-state index in [-0.39, 0.29) is 6.42 Å². The van der Waals surface area contributed by atoms with E-state index in [1.165, 1.54) is 13.0 Å². The second-order valence-corrected chi connectivity index (χ2v) is 4.69. The molecule has 0 N–H and O–H groups in total. The van der Waals surface area contributed by atoms with Crippen LogP contribution in [0.3, 0.4) is 0 Å². The Morgan fingerprint density at radius 2 is 2.00 bits per heavy atom. The fourth-order valence-corrected chi connectivity index (χ4v) is 1.74. The molecule has 0 nitrogen and oxygen atoms in total. The van der Waals surface area contributed by atoms with Crippen molar-refractivity contribution in [2.75, 3.05) is 0 Å². The standard InChI is InChI=1S/C13H19F3/c1-3-4-5-6-11-7-9-12(2,10-8-11)13(14,15)16/h7-9H,3-6,10H2,1-2H3. The first kappa shape index (κ1) is 13.3. The van der Waals surface area contributed by atoms with Gasteiger partial charge >= 0.3 is 6.18 Å². The molecule has 0 fully saturated rings. The molecule has 1 atom stereocenters. The van der Waals surface area contributed by atoms with Gasteiger partial charge in [0.15, 0.2) is 0 Å². The molecule has 0 heterocycles. The zero-order valence-electron chi connectivity index (χ0n) is 9.90. The molecule has 0 aromatic rings. The van der Waals surface area contributed by atoms with Gasteiger partial charge in [-0.2, -0.15) is 13.2 Å². The fraction of sp³-hybridized carbons (Fsp3) is 0.692. The van der Waals surface area contributed by atoms with E-state index in [1.807, 2.05) is 0 Å². The zero-order valence-corrected chi connectivity index (χ0v) is 9.90. The van der Waals surface area contributed by atoms with Gasteiger partial charge < -0.3 is 0 Å². The third-order valence-corrected chi connectivity index (χ3v) is 3.17. The lowest BCUT2D eigenvalue weighted by Crippen LogP contribution is -2.33. The highest BCUT2D eigenvalue weighted by molar-refractivity contribution is 5.27. The number of allylic oxidation sites excluding steroid dienone is 4. The fourth-order valence-electron chi connectivity index (χ4n) is 1.74. The summed E-state index contributed by atoms with van der Waals surface area (Å²) < 4.78 is 38.0. The van der Waals surface area contributed by atoms with E-state index >= 15 is 0 Å². The molecule has 0 aromatic heterocycles. The molecule has 0 amide bonds. The highest BCUT2D eigenvalue weighted by Crippen LogP contribution is 2.44. The highest BCUT2D eigenvalue weighted by Gasteiger charge is 2.48. The van der Waals surface area contributed by atoms with E-state index in [4.69, 9.17) is 0 Å². The molecule has 16 heavy (non-hydrogen) atoms. The maximum Gasteiger partial charge on any atom is 0.397 e. The van der Waals surface area contributed by atoms with Crippen molar-refractivity contribution in [2.45, 2.75) is 52.1 Å². The summed E-state index contributed by atoms with van der Waals surface area (Å²) in [7, 11) is 0. The Kier molecular flexibility index (Phi) is 4.22. The Morgan fingerprint density at radius 1 is 1.31 bits per heavy atom. The lowest BCUT2D eigenvalue weighted by atomic mass is 9.80. The van der Waals surface area contributed by atoms with E-state index in [2.05, 4.69) is 6.92 Å². The van der Waals surface area contributed by atoms with Crippen LogP contribution in [0.5, 0.6) is 0 Å². The quantitative estimate of drug-likeness (QED) is 0.597. The third-order valence-electron chi connectivity index (χ3n) is 3.17. The molecule has 0 aromatic carbocycles. The van der Waals surface area contributed by atoms with Crippen molar-refractivity contribution in [3.05, 3.63) is 23.8 Å². The summed E-state index contributed by atoms with van der Waals surface area (Å²) in [5, 5.41) is 0. The molecule has 0 aliphatic heterocycles. The van der Waals surface area contributed by atoms with Crippen LogP contribution in [-0.2, 0) is 0 Å². The van der Waals surface area contributed by atoms with Crippen molar-refractivity contribution in [3.63, 3.8) is 0 Å². The molecule has 0 spiro atoms. The summed E-state index contributed by atoms with van der Waals surface area (Å²) in [5.74, 6) is 0. The highest BCUT2D eigenvalue weighted by atomic mass is 19.4. The molecule has 1 aliphatic carbocycles. The van der Waals surface area contributed by atoms with Crippen molar-refractivity contribution >= 4 is 0 Å². The topological polar surface area (TPSA) is 0 Å². The molecule has 0 saturated heterocycles. The largest absolute Gasteiger partial charge is 0.397 e. The average molecular weight is 232 g/mol. The summed E-state index contributed by atoms with van der Waals surface area (Å²) >= 11 is 0. The number of alkyl halides is 3. The molecular formula is C13H19F3. The van der Waals surface area contributed by atoms with Gasteiger partial charge in [-0.3, -0.25) is 0 Å². The van der Waals surface area contributed by atoms with Crippen LogP contribution in [0.15, 0.2) is 23.8 Å². The zero-order chi connectivity index (χ0) is 12.2. The predicted octanol–water partition coefficient (Wildman–Crippen LogP) is 5.02. The molecule has 0 radical (unpaired) electrons. The van der Waals surface area contributed by atoms with Crippen LogP contribution in [0, 0.1) is 5.41 Å². The molecule has 0 bridgehead atoms. The Labute approximate surface area is 95.2 Å². The second-order valence-electron chi connectivity index (χ2n) is 4.69. The van der Waals surface area contributed by atoms with Crippen LogP contribution in [0.1, 0.15) is 46.0 Å². The van der Waals surface area contributed by atoms with Gasteiger partial charge in [0, 0.05) is 0 Å². The molecule has 1 rings (SSSR count). The van der Waals surface area contributed by atoms with Crippen LogP contribution in [0.4, 0.5) is 13.2 Å². The first-order chi connectivity index (χ1) is 7.39. The summed E-state index contributed by atoms with van der Waals surface area (Å²) in [4.78, 5) is 0. The normalized spacial score (nSPS) is 25.7. The van der Waals surface area contributed by atoms with Gasteiger partial charge in [-0.1, -0.05) is 43.6 Å². The van der Waals surface area contributed by atoms with Gasteiger partial charge in [0.25, 0.3) is 0 Å². The van der Waals surface area contributed by atoms with E-state index in [0.29, 0.717) is 0 Å². The van der Waals surface area contributed by atoms with E-state index in [0.717, 1.165) is 31.3 Å². The third kappa shape index (κ3) is 3.13. The first-order valence-electron chi connectivity index (χ1n) is 5.84. The Bertz CT molecular complexity index is 286. The molecule has 92 valence electrons. The Hall–Kier alpha value is -0.730. The molecule has 3 heteroatoms. The van der Waals surface area contributed by atoms with Gasteiger partial charge in [-0.15, -0.1) is 0 Å². The molecule has 0 saturated carbocycles. The predicted molar refractivity (Wildman–Crippen MR) is 60.1 cm³/mol. The van der Waals surface area contributed by atoms with Crippen LogP contribution < -0.4 is 0 Å². The van der Waals surface area contributed by atoms with Crippen molar-refractivity contribution in [3.8, 4) is 0 Å². The van der Waals surface area contributed by atoms with Crippen molar-refractivity contribution in [1.29, 1.82) is 0 Å². The van der Waals surface area contributed by atoms with Crippen LogP contribution in [0.2, 0.25) is 0 Å². The smallest absolute Gasteiger partial charge is 0.170 e. The summed E-state index contributed by atoms with van der Waals surface area (Å²) in [6.45, 7) is 3.37. The number of unbranched alkanes of at least 4 members (excludes halogenated alkanes) is 2. The Balaban J connectivity index is 2.53. The van der Waals surface area contributed by atoms with Gasteiger partial charge in [-0.05, 0) is 26.2 Å². The number of halogens is 3. The van der Waals surface area contributed by atoms with Crippen LogP contribution in [-0.4, -0.2) is 6.18 Å². The molecule has 1 unspecified atom stereocenters. The van der Waals surface area contributed by atoms with Crippen LogP contribution in [0.25, 0.3) is 0 Å². The molecule has 1 aliphatic rings. The summed E-state index contributed by atoms with van der Waals surface area (Å²) in [6, 6.07) is 0. The van der Waals surface area contributed by atoms with E-state index in [9.17, 15) is 13.2 Å². The van der Waals surface area contributed by atoms with Gasteiger partial charge in [0.05, 0.1) is 5.41 Å². The minimum atomic E-state index is -4.14. The second kappa shape index (κ2) is 5.07. The van der Waals surface area contributed by atoms with Crippen LogP contribution >= 0.6 is 0 Å². The van der Waals surface area contributed by atoms with Crippen molar-refractivity contribution in [2.24, 2.45) is 5.41 Å². The van der Waals surface area contributed by atoms with Gasteiger partial charge in [-0.25, -0.2) is 0 Å². The van der Waals surface area contributed by atoms with Gasteiger partial charge in [0.2, 0.25) is 0 Å². The first-order valence-corrected chi connectivity index (χ1v) is 5.84. The minimum Gasteiger partial charge on any atom is -0.170 e.